The molecule has 4 nitrogen and oxygen atoms in total. The fourth-order valence-corrected chi connectivity index (χ4v) is 4.85. The second-order valence-electron chi connectivity index (χ2n) is 6.73. The molecular weight excluding hydrogens is 328 g/mol. The van der Waals surface area contributed by atoms with Gasteiger partial charge in [0.2, 0.25) is 0 Å². The number of para-hydroxylation sites is 1. The van der Waals surface area contributed by atoms with Gasteiger partial charge in [-0.2, -0.15) is 0 Å². The molecule has 0 saturated carbocycles. The molecule has 0 spiro atoms. The molecule has 1 atom stereocenters. The third-order valence-electron chi connectivity index (χ3n) is 5.26. The van der Waals surface area contributed by atoms with Gasteiger partial charge in [0.05, 0.1) is 6.04 Å². The van der Waals surface area contributed by atoms with Gasteiger partial charge in [0, 0.05) is 30.7 Å². The summed E-state index contributed by atoms with van der Waals surface area (Å²) in [6, 6.07) is 13.5. The van der Waals surface area contributed by atoms with E-state index in [0.29, 0.717) is 6.04 Å². The lowest BCUT2D eigenvalue weighted by molar-refractivity contribution is 0.249. The summed E-state index contributed by atoms with van der Waals surface area (Å²) in [5.74, 6) is 0.991. The van der Waals surface area contributed by atoms with Crippen molar-refractivity contribution in [2.45, 2.75) is 25.3 Å². The molecule has 0 bridgehead atoms. The molecule has 2 aliphatic heterocycles. The fourth-order valence-electron chi connectivity index (χ4n) is 3.99. The van der Waals surface area contributed by atoms with E-state index in [4.69, 9.17) is 0 Å². The van der Waals surface area contributed by atoms with Crippen LogP contribution in [0, 0.1) is 0 Å². The summed E-state index contributed by atoms with van der Waals surface area (Å²) < 4.78 is 0. The zero-order valence-corrected chi connectivity index (χ0v) is 15.6. The molecule has 0 amide bonds. The summed E-state index contributed by atoms with van der Waals surface area (Å²) in [5, 5.41) is 5.84. The van der Waals surface area contributed by atoms with E-state index in [1.54, 1.807) is 0 Å². The predicted molar refractivity (Wildman–Crippen MR) is 107 cm³/mol. The van der Waals surface area contributed by atoms with Gasteiger partial charge in [-0.25, -0.2) is 0 Å². The number of fused-ring (bicyclic) bond motifs is 1. The number of likely N-dealkylation sites (tertiary alicyclic amines) is 1. The first kappa shape index (κ1) is 16.6. The SMILES string of the molecule is CN=C(NCC(c1cccs1)N1CCCC1)N1CCc2ccccc21. The Bertz CT molecular complexity index is 719. The highest BCUT2D eigenvalue weighted by Crippen LogP contribution is 2.29. The van der Waals surface area contributed by atoms with Crippen molar-refractivity contribution in [3.05, 3.63) is 52.2 Å². The third kappa shape index (κ3) is 3.44. The minimum atomic E-state index is 0.442. The normalized spacial score (nSPS) is 19.2. The lowest BCUT2D eigenvalue weighted by atomic mass is 10.2. The predicted octanol–water partition coefficient (Wildman–Crippen LogP) is 3.52. The summed E-state index contributed by atoms with van der Waals surface area (Å²) >= 11 is 1.86. The van der Waals surface area contributed by atoms with Crippen LogP contribution < -0.4 is 10.2 Å². The molecule has 1 aromatic carbocycles. The van der Waals surface area contributed by atoms with Crippen molar-refractivity contribution in [2.75, 3.05) is 38.1 Å². The van der Waals surface area contributed by atoms with Crippen molar-refractivity contribution < 1.29 is 0 Å². The second-order valence-corrected chi connectivity index (χ2v) is 7.71. The number of guanidine groups is 1. The van der Waals surface area contributed by atoms with E-state index in [0.717, 1.165) is 25.5 Å². The van der Waals surface area contributed by atoms with Gasteiger partial charge in [-0.15, -0.1) is 11.3 Å². The molecule has 5 heteroatoms. The molecule has 1 aromatic heterocycles. The molecule has 0 aliphatic carbocycles. The first-order valence-corrected chi connectivity index (χ1v) is 10.1. The molecule has 1 N–H and O–H groups in total. The molecular formula is C20H26N4S. The van der Waals surface area contributed by atoms with E-state index in [-0.39, 0.29) is 0 Å². The topological polar surface area (TPSA) is 30.9 Å². The van der Waals surface area contributed by atoms with Gasteiger partial charge < -0.3 is 10.2 Å². The highest BCUT2D eigenvalue weighted by Gasteiger charge is 2.27. The van der Waals surface area contributed by atoms with Gasteiger partial charge in [0.15, 0.2) is 5.96 Å². The summed E-state index contributed by atoms with van der Waals surface area (Å²) in [6.07, 6.45) is 3.73. The number of hydrogen-bond donors (Lipinski definition) is 1. The standard InChI is InChI=1S/C20H26N4S/c1-21-20(24-13-10-16-7-2-3-8-17(16)24)22-15-18(19-9-6-14-25-19)23-11-4-5-12-23/h2-3,6-9,14,18H,4-5,10-13,15H2,1H3,(H,21,22). The summed E-state index contributed by atoms with van der Waals surface area (Å²) in [6.45, 7) is 4.32. The van der Waals surface area contributed by atoms with E-state index < -0.39 is 0 Å². The van der Waals surface area contributed by atoms with Crippen LogP contribution in [0.5, 0.6) is 0 Å². The molecule has 3 heterocycles. The van der Waals surface area contributed by atoms with Gasteiger partial charge >= 0.3 is 0 Å². The lowest BCUT2D eigenvalue weighted by Crippen LogP contribution is -2.44. The smallest absolute Gasteiger partial charge is 0.198 e. The van der Waals surface area contributed by atoms with E-state index >= 15 is 0 Å². The van der Waals surface area contributed by atoms with Crippen molar-refractivity contribution in [1.82, 2.24) is 10.2 Å². The maximum absolute atomic E-state index is 4.57. The molecule has 132 valence electrons. The number of hydrogen-bond acceptors (Lipinski definition) is 3. The van der Waals surface area contributed by atoms with Crippen LogP contribution in [-0.4, -0.2) is 44.1 Å². The zero-order chi connectivity index (χ0) is 17.1. The summed E-state index contributed by atoms with van der Waals surface area (Å²) in [7, 11) is 1.89. The average molecular weight is 355 g/mol. The Kier molecular flexibility index (Phi) is 5.04. The van der Waals surface area contributed by atoms with Crippen LogP contribution in [0.1, 0.15) is 29.3 Å². The number of aliphatic imine (C=N–C) groups is 1. The Hall–Kier alpha value is -1.85. The van der Waals surface area contributed by atoms with Crippen LogP contribution >= 0.6 is 11.3 Å². The Morgan fingerprint density at radius 1 is 1.16 bits per heavy atom. The molecule has 2 aromatic rings. The minimum absolute atomic E-state index is 0.442. The van der Waals surface area contributed by atoms with Crippen LogP contribution in [0.2, 0.25) is 0 Å². The van der Waals surface area contributed by atoms with Crippen LogP contribution in [0.15, 0.2) is 46.8 Å². The second kappa shape index (κ2) is 7.58. The van der Waals surface area contributed by atoms with Crippen molar-refractivity contribution in [2.24, 2.45) is 4.99 Å². The first-order valence-electron chi connectivity index (χ1n) is 9.20. The third-order valence-corrected chi connectivity index (χ3v) is 6.23. The largest absolute Gasteiger partial charge is 0.354 e. The maximum atomic E-state index is 4.57. The highest BCUT2D eigenvalue weighted by atomic mass is 32.1. The monoisotopic (exact) mass is 354 g/mol. The number of rotatable bonds is 4. The minimum Gasteiger partial charge on any atom is -0.354 e. The molecule has 1 fully saturated rings. The van der Waals surface area contributed by atoms with Gasteiger partial charge in [0.25, 0.3) is 0 Å². The lowest BCUT2D eigenvalue weighted by Gasteiger charge is -2.29. The fraction of sp³-hybridized carbons (Fsp3) is 0.450. The van der Waals surface area contributed by atoms with Gasteiger partial charge in [-0.05, 0) is 55.4 Å². The van der Waals surface area contributed by atoms with Crippen LogP contribution in [0.25, 0.3) is 0 Å². The number of anilines is 1. The number of nitrogens with one attached hydrogen (secondary N) is 1. The molecule has 25 heavy (non-hydrogen) atoms. The van der Waals surface area contributed by atoms with Gasteiger partial charge in [-0.1, -0.05) is 24.3 Å². The summed E-state index contributed by atoms with van der Waals surface area (Å²) in [4.78, 5) is 11.0. The van der Waals surface area contributed by atoms with E-state index in [9.17, 15) is 0 Å². The van der Waals surface area contributed by atoms with Crippen molar-refractivity contribution in [3.8, 4) is 0 Å². The Morgan fingerprint density at radius 2 is 2.00 bits per heavy atom. The highest BCUT2D eigenvalue weighted by molar-refractivity contribution is 7.10. The Balaban J connectivity index is 1.48. The van der Waals surface area contributed by atoms with Crippen LogP contribution in [-0.2, 0) is 6.42 Å². The van der Waals surface area contributed by atoms with Gasteiger partial charge in [0.1, 0.15) is 0 Å². The van der Waals surface area contributed by atoms with Crippen molar-refractivity contribution in [3.63, 3.8) is 0 Å². The Morgan fingerprint density at radius 3 is 2.76 bits per heavy atom. The number of thiophene rings is 1. The molecule has 4 rings (SSSR count). The summed E-state index contributed by atoms with van der Waals surface area (Å²) in [5.41, 5.74) is 2.71. The van der Waals surface area contributed by atoms with E-state index in [2.05, 4.69) is 61.9 Å². The van der Waals surface area contributed by atoms with Crippen molar-refractivity contribution in [1.29, 1.82) is 0 Å². The zero-order valence-electron chi connectivity index (χ0n) is 14.8. The quantitative estimate of drug-likeness (QED) is 0.673. The maximum Gasteiger partial charge on any atom is 0.198 e. The number of benzene rings is 1. The van der Waals surface area contributed by atoms with Crippen molar-refractivity contribution >= 4 is 23.0 Å². The Labute approximate surface area is 154 Å². The molecule has 0 radical (unpaired) electrons. The average Bonchev–Trinajstić information content (AvgIpc) is 3.40. The first-order chi connectivity index (χ1) is 12.4. The van der Waals surface area contributed by atoms with E-state index in [1.165, 1.54) is 42.1 Å². The molecule has 2 aliphatic rings. The van der Waals surface area contributed by atoms with E-state index in [1.807, 2.05) is 18.4 Å². The molecule has 1 saturated heterocycles. The molecule has 1 unspecified atom stereocenters. The van der Waals surface area contributed by atoms with Gasteiger partial charge in [-0.3, -0.25) is 9.89 Å². The number of nitrogens with zero attached hydrogens (tertiary/aromatic N) is 3. The van der Waals surface area contributed by atoms with Crippen LogP contribution in [0.3, 0.4) is 0 Å². The van der Waals surface area contributed by atoms with Crippen LogP contribution in [0.4, 0.5) is 5.69 Å².